The summed E-state index contributed by atoms with van der Waals surface area (Å²) in [5.74, 6) is 0.928. The van der Waals surface area contributed by atoms with Crippen LogP contribution in [-0.2, 0) is 0 Å². The van der Waals surface area contributed by atoms with Gasteiger partial charge in [0.05, 0.1) is 11.1 Å². The molecule has 5 rings (SSSR count). The first-order chi connectivity index (χ1) is 14.7. The predicted molar refractivity (Wildman–Crippen MR) is 122 cm³/mol. The van der Waals surface area contributed by atoms with Crippen molar-refractivity contribution in [3.8, 4) is 0 Å². The van der Waals surface area contributed by atoms with E-state index in [-0.39, 0.29) is 5.91 Å². The monoisotopic (exact) mass is 400 g/mol. The molecular formula is C25H28N4O. The molecule has 0 atom stereocenters. The zero-order valence-electron chi connectivity index (χ0n) is 17.4. The van der Waals surface area contributed by atoms with Crippen LogP contribution in [0.3, 0.4) is 0 Å². The molecule has 1 amide bonds. The number of anilines is 2. The summed E-state index contributed by atoms with van der Waals surface area (Å²) in [6, 6.07) is 19.3. The second kappa shape index (κ2) is 7.98. The van der Waals surface area contributed by atoms with E-state index in [1.807, 2.05) is 30.3 Å². The van der Waals surface area contributed by atoms with E-state index in [1.54, 1.807) is 0 Å². The maximum absolute atomic E-state index is 12.9. The number of hydrogen-bond acceptors (Lipinski definition) is 4. The summed E-state index contributed by atoms with van der Waals surface area (Å²) in [6.45, 7) is 3.98. The molecule has 5 nitrogen and oxygen atoms in total. The largest absolute Gasteiger partial charge is 0.382 e. The predicted octanol–water partition coefficient (Wildman–Crippen LogP) is 4.52. The number of carbonyl (C=O) groups is 1. The number of aryl methyl sites for hydroxylation is 1. The smallest absolute Gasteiger partial charge is 0.252 e. The van der Waals surface area contributed by atoms with Crippen molar-refractivity contribution in [3.63, 3.8) is 0 Å². The highest BCUT2D eigenvalue weighted by Gasteiger charge is 2.26. The highest BCUT2D eigenvalue weighted by atomic mass is 16.1. The zero-order valence-corrected chi connectivity index (χ0v) is 17.4. The van der Waals surface area contributed by atoms with Crippen LogP contribution in [0.25, 0.3) is 10.9 Å². The van der Waals surface area contributed by atoms with Crippen molar-refractivity contribution in [3.05, 3.63) is 65.7 Å². The summed E-state index contributed by atoms with van der Waals surface area (Å²) in [6.07, 6.45) is 4.27. The van der Waals surface area contributed by atoms with Gasteiger partial charge in [-0.05, 0) is 62.4 Å². The lowest BCUT2D eigenvalue weighted by atomic mass is 10.0. The normalized spacial score (nSPS) is 17.2. The molecule has 5 heteroatoms. The topological polar surface area (TPSA) is 57.3 Å². The summed E-state index contributed by atoms with van der Waals surface area (Å²) in [5.41, 5.74) is 4.09. The van der Waals surface area contributed by atoms with Gasteiger partial charge >= 0.3 is 0 Å². The van der Waals surface area contributed by atoms with Crippen molar-refractivity contribution in [2.24, 2.45) is 0 Å². The summed E-state index contributed by atoms with van der Waals surface area (Å²) in [7, 11) is 0. The second-order valence-electron chi connectivity index (χ2n) is 8.57. The molecule has 2 N–H and O–H groups in total. The van der Waals surface area contributed by atoms with E-state index in [4.69, 9.17) is 4.98 Å². The molecule has 1 aliphatic carbocycles. The number of benzene rings is 2. The van der Waals surface area contributed by atoms with Gasteiger partial charge in [-0.1, -0.05) is 30.3 Å². The third-order valence-corrected chi connectivity index (χ3v) is 6.07. The van der Waals surface area contributed by atoms with Gasteiger partial charge in [0.2, 0.25) is 0 Å². The Hall–Kier alpha value is -3.08. The Balaban J connectivity index is 1.33. The van der Waals surface area contributed by atoms with E-state index in [9.17, 15) is 4.79 Å². The van der Waals surface area contributed by atoms with Crippen LogP contribution in [-0.4, -0.2) is 36.1 Å². The molecule has 30 heavy (non-hydrogen) atoms. The van der Waals surface area contributed by atoms with Crippen molar-refractivity contribution in [1.82, 2.24) is 10.3 Å². The Morgan fingerprint density at radius 2 is 1.77 bits per heavy atom. The number of para-hydroxylation sites is 1. The van der Waals surface area contributed by atoms with Gasteiger partial charge < -0.3 is 15.5 Å². The van der Waals surface area contributed by atoms with E-state index in [1.165, 1.54) is 11.3 Å². The number of rotatable bonds is 5. The Morgan fingerprint density at radius 3 is 2.53 bits per heavy atom. The molecule has 3 aromatic rings. The Kier molecular flexibility index (Phi) is 5.03. The molecule has 1 aliphatic heterocycles. The number of nitrogens with zero attached hydrogens (tertiary/aromatic N) is 2. The van der Waals surface area contributed by atoms with E-state index in [0.29, 0.717) is 12.1 Å². The van der Waals surface area contributed by atoms with E-state index < -0.39 is 0 Å². The summed E-state index contributed by atoms with van der Waals surface area (Å²) in [4.78, 5) is 20.1. The van der Waals surface area contributed by atoms with Crippen molar-refractivity contribution < 1.29 is 4.79 Å². The van der Waals surface area contributed by atoms with Crippen LogP contribution in [0, 0.1) is 6.92 Å². The molecule has 2 aliphatic rings. The molecule has 2 heterocycles. The second-order valence-corrected chi connectivity index (χ2v) is 8.57. The summed E-state index contributed by atoms with van der Waals surface area (Å²) < 4.78 is 0. The molecule has 154 valence electrons. The maximum Gasteiger partial charge on any atom is 0.252 e. The zero-order chi connectivity index (χ0) is 20.5. The molecule has 0 spiro atoms. The van der Waals surface area contributed by atoms with Gasteiger partial charge in [0.15, 0.2) is 0 Å². The first kappa shape index (κ1) is 18.9. The van der Waals surface area contributed by atoms with Crippen LogP contribution >= 0.6 is 0 Å². The number of carbonyl (C=O) groups excluding carboxylic acids is 1. The number of pyridine rings is 1. The number of fused-ring (bicyclic) bond motifs is 1. The van der Waals surface area contributed by atoms with Gasteiger partial charge in [0, 0.05) is 36.2 Å². The van der Waals surface area contributed by atoms with Gasteiger partial charge in [-0.15, -0.1) is 0 Å². The number of amides is 1. The lowest BCUT2D eigenvalue weighted by molar-refractivity contribution is 0.0952. The van der Waals surface area contributed by atoms with Gasteiger partial charge in [-0.25, -0.2) is 4.98 Å². The molecule has 2 fully saturated rings. The van der Waals surface area contributed by atoms with Gasteiger partial charge in [-0.3, -0.25) is 4.79 Å². The summed E-state index contributed by atoms with van der Waals surface area (Å²) >= 11 is 0. The van der Waals surface area contributed by atoms with Gasteiger partial charge in [0.1, 0.15) is 5.82 Å². The number of hydrogen-bond donors (Lipinski definition) is 2. The number of nitrogens with one attached hydrogen (secondary N) is 2. The van der Waals surface area contributed by atoms with Crippen LogP contribution in [0.1, 0.15) is 41.6 Å². The molecule has 1 aromatic heterocycles. The maximum atomic E-state index is 12.9. The molecular weight excluding hydrogens is 372 g/mol. The van der Waals surface area contributed by atoms with Crippen molar-refractivity contribution in [2.45, 2.75) is 44.7 Å². The van der Waals surface area contributed by atoms with Gasteiger partial charge in [0.25, 0.3) is 5.91 Å². The van der Waals surface area contributed by atoms with E-state index >= 15 is 0 Å². The first-order valence-electron chi connectivity index (χ1n) is 10.9. The van der Waals surface area contributed by atoms with Crippen LogP contribution in [0.5, 0.6) is 0 Å². The first-order valence-corrected chi connectivity index (χ1v) is 10.9. The minimum Gasteiger partial charge on any atom is -0.382 e. The molecule has 1 saturated carbocycles. The average molecular weight is 401 g/mol. The average Bonchev–Trinajstić information content (AvgIpc) is 3.57. The molecule has 0 bridgehead atoms. The standard InChI is InChI=1S/C25H28N4O/c1-17-5-4-6-20(15-17)26-19-11-13-29(14-12-19)24-16-22(25(30)27-18-9-10-18)21-7-2-3-8-23(21)28-24/h2-8,15-16,18-19,26H,9-14H2,1H3,(H,27,30). The fourth-order valence-electron chi connectivity index (χ4n) is 4.23. The lowest BCUT2D eigenvalue weighted by Gasteiger charge is -2.34. The fraction of sp³-hybridized carbons (Fsp3) is 0.360. The third kappa shape index (κ3) is 4.11. The highest BCUT2D eigenvalue weighted by Crippen LogP contribution is 2.27. The molecule has 0 unspecified atom stereocenters. The number of piperidine rings is 1. The van der Waals surface area contributed by atoms with Crippen molar-refractivity contribution >= 4 is 28.3 Å². The number of aromatic nitrogens is 1. The van der Waals surface area contributed by atoms with E-state index in [2.05, 4.69) is 46.7 Å². The Bertz CT molecular complexity index is 1070. The van der Waals surface area contributed by atoms with Crippen LogP contribution < -0.4 is 15.5 Å². The van der Waals surface area contributed by atoms with Crippen LogP contribution in [0.15, 0.2) is 54.6 Å². The lowest BCUT2D eigenvalue weighted by Crippen LogP contribution is -2.39. The van der Waals surface area contributed by atoms with E-state index in [0.717, 1.165) is 61.1 Å². The molecule has 2 aromatic carbocycles. The fourth-order valence-corrected chi connectivity index (χ4v) is 4.23. The van der Waals surface area contributed by atoms with Gasteiger partial charge in [-0.2, -0.15) is 0 Å². The summed E-state index contributed by atoms with van der Waals surface area (Å²) in [5, 5.41) is 7.73. The quantitative estimate of drug-likeness (QED) is 0.661. The Labute approximate surface area is 177 Å². The SMILES string of the molecule is Cc1cccc(NC2CCN(c3cc(C(=O)NC4CC4)c4ccccc4n3)CC2)c1. The minimum atomic E-state index is 0.0216. The molecule has 0 radical (unpaired) electrons. The van der Waals surface area contributed by atoms with Crippen LogP contribution in [0.2, 0.25) is 0 Å². The van der Waals surface area contributed by atoms with Crippen molar-refractivity contribution in [2.75, 3.05) is 23.3 Å². The van der Waals surface area contributed by atoms with Crippen LogP contribution in [0.4, 0.5) is 11.5 Å². The molecule has 1 saturated heterocycles. The Morgan fingerprint density at radius 1 is 0.967 bits per heavy atom. The van der Waals surface area contributed by atoms with Crippen molar-refractivity contribution in [1.29, 1.82) is 0 Å². The highest BCUT2D eigenvalue weighted by molar-refractivity contribution is 6.07. The third-order valence-electron chi connectivity index (χ3n) is 6.07. The minimum absolute atomic E-state index is 0.0216.